The molecule has 1 saturated carbocycles. The fraction of sp³-hybridized carbons (Fsp3) is 0.786. The van der Waals surface area contributed by atoms with Gasteiger partial charge >= 0.3 is 0 Å². The fourth-order valence-electron chi connectivity index (χ4n) is 3.04. The molecule has 5 nitrogen and oxygen atoms in total. The van der Waals surface area contributed by atoms with Gasteiger partial charge in [-0.1, -0.05) is 19.8 Å². The largest absolute Gasteiger partial charge is 0.396 e. The van der Waals surface area contributed by atoms with Gasteiger partial charge in [0.05, 0.1) is 24.5 Å². The standard InChI is InChI=1S/C14H26N4O/c1-11-4-3-5-13(6-11)17(2)9-14(19)10-18-8-12(15)7-16-18/h7-8,11,13-14,19H,3-6,9-10,15H2,1-2H3. The second-order valence-corrected chi connectivity index (χ2v) is 6.01. The predicted octanol–water partition coefficient (Wildman–Crippen LogP) is 1.34. The van der Waals surface area contributed by atoms with Gasteiger partial charge in [-0.15, -0.1) is 0 Å². The van der Waals surface area contributed by atoms with Crippen LogP contribution in [-0.2, 0) is 6.54 Å². The van der Waals surface area contributed by atoms with E-state index in [4.69, 9.17) is 5.73 Å². The lowest BCUT2D eigenvalue weighted by Gasteiger charge is -2.35. The summed E-state index contributed by atoms with van der Waals surface area (Å²) in [5.74, 6) is 0.809. The molecule has 2 rings (SSSR count). The molecule has 1 aliphatic rings. The number of aromatic nitrogens is 2. The van der Waals surface area contributed by atoms with Crippen molar-refractivity contribution in [2.75, 3.05) is 19.3 Å². The molecule has 3 unspecified atom stereocenters. The SMILES string of the molecule is CC1CCCC(N(C)CC(O)Cn2cc(N)cn2)C1. The molecule has 1 heterocycles. The summed E-state index contributed by atoms with van der Waals surface area (Å²) in [6.45, 7) is 3.52. The number of rotatable bonds is 5. The zero-order valence-corrected chi connectivity index (χ0v) is 12.0. The van der Waals surface area contributed by atoms with Crippen LogP contribution in [0, 0.1) is 5.92 Å². The van der Waals surface area contributed by atoms with E-state index in [2.05, 4.69) is 24.0 Å². The minimum atomic E-state index is -0.401. The van der Waals surface area contributed by atoms with Crippen LogP contribution in [0.1, 0.15) is 32.6 Å². The monoisotopic (exact) mass is 266 g/mol. The number of hydrogen-bond donors (Lipinski definition) is 2. The number of nitrogens with zero attached hydrogens (tertiary/aromatic N) is 3. The molecule has 0 spiro atoms. The zero-order chi connectivity index (χ0) is 13.8. The van der Waals surface area contributed by atoms with E-state index in [9.17, 15) is 5.11 Å². The molecule has 0 saturated heterocycles. The molecule has 1 fully saturated rings. The Morgan fingerprint density at radius 1 is 1.58 bits per heavy atom. The summed E-state index contributed by atoms with van der Waals surface area (Å²) in [6, 6.07) is 0.612. The summed E-state index contributed by atoms with van der Waals surface area (Å²) in [5.41, 5.74) is 6.25. The summed E-state index contributed by atoms with van der Waals surface area (Å²) in [7, 11) is 2.11. The van der Waals surface area contributed by atoms with E-state index in [-0.39, 0.29) is 0 Å². The Kier molecular flexibility index (Phi) is 4.82. The Labute approximate surface area is 115 Å². The molecule has 1 aromatic rings. The smallest absolute Gasteiger partial charge is 0.0862 e. The van der Waals surface area contributed by atoms with Gasteiger partial charge in [-0.2, -0.15) is 5.10 Å². The Balaban J connectivity index is 1.79. The maximum atomic E-state index is 10.1. The van der Waals surface area contributed by atoms with Crippen LogP contribution >= 0.6 is 0 Å². The first-order valence-electron chi connectivity index (χ1n) is 7.21. The van der Waals surface area contributed by atoms with Gasteiger partial charge in [0.1, 0.15) is 0 Å². The second-order valence-electron chi connectivity index (χ2n) is 6.01. The van der Waals surface area contributed by atoms with Crippen LogP contribution in [0.3, 0.4) is 0 Å². The lowest BCUT2D eigenvalue weighted by Crippen LogP contribution is -2.41. The van der Waals surface area contributed by atoms with Crippen LogP contribution in [0.15, 0.2) is 12.4 Å². The van der Waals surface area contributed by atoms with E-state index < -0.39 is 6.10 Å². The minimum Gasteiger partial charge on any atom is -0.396 e. The van der Waals surface area contributed by atoms with Gasteiger partial charge in [-0.25, -0.2) is 0 Å². The third kappa shape index (κ3) is 4.21. The van der Waals surface area contributed by atoms with Crippen molar-refractivity contribution in [3.8, 4) is 0 Å². The molecule has 108 valence electrons. The molecule has 5 heteroatoms. The summed E-state index contributed by atoms with van der Waals surface area (Å²) in [6.07, 6.45) is 8.12. The summed E-state index contributed by atoms with van der Waals surface area (Å²) in [5, 5.41) is 14.2. The molecule has 19 heavy (non-hydrogen) atoms. The van der Waals surface area contributed by atoms with Crippen molar-refractivity contribution >= 4 is 5.69 Å². The number of anilines is 1. The first kappa shape index (κ1) is 14.3. The van der Waals surface area contributed by atoms with Crippen LogP contribution in [-0.4, -0.2) is 45.5 Å². The van der Waals surface area contributed by atoms with Gasteiger partial charge in [0, 0.05) is 18.8 Å². The topological polar surface area (TPSA) is 67.3 Å². The minimum absolute atomic E-state index is 0.401. The van der Waals surface area contributed by atoms with E-state index in [0.29, 0.717) is 24.8 Å². The number of hydrogen-bond acceptors (Lipinski definition) is 4. The molecular weight excluding hydrogens is 240 g/mol. The Morgan fingerprint density at radius 2 is 2.37 bits per heavy atom. The van der Waals surface area contributed by atoms with Crippen molar-refractivity contribution in [3.05, 3.63) is 12.4 Å². The first-order chi connectivity index (χ1) is 9.04. The molecule has 0 bridgehead atoms. The van der Waals surface area contributed by atoms with Crippen molar-refractivity contribution in [3.63, 3.8) is 0 Å². The highest BCUT2D eigenvalue weighted by Gasteiger charge is 2.23. The van der Waals surface area contributed by atoms with Gasteiger partial charge in [0.2, 0.25) is 0 Å². The molecule has 1 aromatic heterocycles. The van der Waals surface area contributed by atoms with Crippen molar-refractivity contribution in [2.24, 2.45) is 5.92 Å². The summed E-state index contributed by atoms with van der Waals surface area (Å²) >= 11 is 0. The predicted molar refractivity (Wildman–Crippen MR) is 76.7 cm³/mol. The van der Waals surface area contributed by atoms with Gasteiger partial charge in [0.25, 0.3) is 0 Å². The average Bonchev–Trinajstić information content (AvgIpc) is 2.74. The van der Waals surface area contributed by atoms with Gasteiger partial charge in [-0.3, -0.25) is 4.68 Å². The third-order valence-corrected chi connectivity index (χ3v) is 4.08. The van der Waals surface area contributed by atoms with Crippen LogP contribution in [0.25, 0.3) is 0 Å². The normalized spacial score (nSPS) is 25.7. The second kappa shape index (κ2) is 6.39. The van der Waals surface area contributed by atoms with Gasteiger partial charge in [-0.05, 0) is 25.8 Å². The van der Waals surface area contributed by atoms with Crippen LogP contribution in [0.5, 0.6) is 0 Å². The zero-order valence-electron chi connectivity index (χ0n) is 12.0. The molecule has 3 N–H and O–H groups in total. The number of nitrogens with two attached hydrogens (primary N) is 1. The maximum absolute atomic E-state index is 10.1. The van der Waals surface area contributed by atoms with E-state index in [1.165, 1.54) is 25.7 Å². The van der Waals surface area contributed by atoms with Crippen molar-refractivity contribution in [1.82, 2.24) is 14.7 Å². The molecule has 0 amide bonds. The Bertz CT molecular complexity index is 393. The van der Waals surface area contributed by atoms with Crippen LogP contribution in [0.2, 0.25) is 0 Å². The number of aliphatic hydroxyl groups excluding tert-OH is 1. The van der Waals surface area contributed by atoms with Gasteiger partial charge < -0.3 is 15.7 Å². The lowest BCUT2D eigenvalue weighted by atomic mass is 9.86. The highest BCUT2D eigenvalue weighted by Crippen LogP contribution is 2.26. The maximum Gasteiger partial charge on any atom is 0.0862 e. The quantitative estimate of drug-likeness (QED) is 0.844. The number of nitrogen functional groups attached to an aromatic ring is 1. The van der Waals surface area contributed by atoms with E-state index in [1.807, 2.05) is 0 Å². The molecule has 3 atom stereocenters. The van der Waals surface area contributed by atoms with E-state index >= 15 is 0 Å². The molecule has 1 aliphatic carbocycles. The highest BCUT2D eigenvalue weighted by atomic mass is 16.3. The number of aliphatic hydroxyl groups is 1. The van der Waals surface area contributed by atoms with Crippen molar-refractivity contribution in [2.45, 2.75) is 51.3 Å². The van der Waals surface area contributed by atoms with E-state index in [1.54, 1.807) is 17.1 Å². The summed E-state index contributed by atoms with van der Waals surface area (Å²) < 4.78 is 1.71. The Morgan fingerprint density at radius 3 is 3.00 bits per heavy atom. The molecule has 0 aliphatic heterocycles. The van der Waals surface area contributed by atoms with Crippen LogP contribution in [0.4, 0.5) is 5.69 Å². The average molecular weight is 266 g/mol. The fourth-order valence-corrected chi connectivity index (χ4v) is 3.04. The highest BCUT2D eigenvalue weighted by molar-refractivity contribution is 5.30. The molecular formula is C14H26N4O. The van der Waals surface area contributed by atoms with E-state index in [0.717, 1.165) is 5.92 Å². The first-order valence-corrected chi connectivity index (χ1v) is 7.21. The Hall–Kier alpha value is -1.07. The molecule has 0 radical (unpaired) electrons. The number of likely N-dealkylation sites (N-methyl/N-ethyl adjacent to an activating group) is 1. The van der Waals surface area contributed by atoms with Gasteiger partial charge in [0.15, 0.2) is 0 Å². The van der Waals surface area contributed by atoms with Crippen molar-refractivity contribution in [1.29, 1.82) is 0 Å². The lowest BCUT2D eigenvalue weighted by molar-refractivity contribution is 0.0709. The summed E-state index contributed by atoms with van der Waals surface area (Å²) in [4.78, 5) is 2.30. The van der Waals surface area contributed by atoms with Crippen molar-refractivity contribution < 1.29 is 5.11 Å². The molecule has 0 aromatic carbocycles. The van der Waals surface area contributed by atoms with Crippen LogP contribution < -0.4 is 5.73 Å². The third-order valence-electron chi connectivity index (χ3n) is 4.08.